The maximum atomic E-state index is 12.3. The van der Waals surface area contributed by atoms with Crippen molar-refractivity contribution in [3.63, 3.8) is 0 Å². The fraction of sp³-hybridized carbons (Fsp3) is 0.200. The van der Waals surface area contributed by atoms with Crippen molar-refractivity contribution in [1.82, 2.24) is 5.32 Å². The molecule has 1 aromatic rings. The van der Waals surface area contributed by atoms with Gasteiger partial charge >= 0.3 is 0 Å². The Hall–Kier alpha value is -2.96. The first-order valence-corrected chi connectivity index (χ1v) is 6.70. The molecular weight excluding hydrogens is 280 g/mol. The van der Waals surface area contributed by atoms with Crippen molar-refractivity contribution in [1.29, 1.82) is 10.8 Å². The molecule has 0 heterocycles. The SMILES string of the molecule is Cc1ccc(N/N=C\C=N)c(C(=O)NCC/C(C=N)=C/N)c1. The Morgan fingerprint density at radius 3 is 2.82 bits per heavy atom. The van der Waals surface area contributed by atoms with Crippen molar-refractivity contribution in [2.45, 2.75) is 13.3 Å². The summed E-state index contributed by atoms with van der Waals surface area (Å²) in [5.74, 6) is -0.238. The van der Waals surface area contributed by atoms with Crippen molar-refractivity contribution in [3.05, 3.63) is 41.1 Å². The van der Waals surface area contributed by atoms with Crippen LogP contribution < -0.4 is 16.5 Å². The molecule has 0 aromatic heterocycles. The van der Waals surface area contributed by atoms with E-state index in [1.165, 1.54) is 12.4 Å². The molecule has 1 rings (SSSR count). The van der Waals surface area contributed by atoms with E-state index in [9.17, 15) is 4.79 Å². The van der Waals surface area contributed by atoms with E-state index in [4.69, 9.17) is 16.6 Å². The second kappa shape index (κ2) is 9.06. The lowest BCUT2D eigenvalue weighted by atomic mass is 10.1. The van der Waals surface area contributed by atoms with Crippen LogP contribution in [0.4, 0.5) is 5.69 Å². The zero-order chi connectivity index (χ0) is 16.4. The molecule has 0 spiro atoms. The molecule has 0 aliphatic carbocycles. The average Bonchev–Trinajstić information content (AvgIpc) is 2.53. The smallest absolute Gasteiger partial charge is 0.253 e. The van der Waals surface area contributed by atoms with E-state index in [0.717, 1.165) is 18.0 Å². The van der Waals surface area contributed by atoms with Gasteiger partial charge in [-0.25, -0.2) is 0 Å². The molecule has 0 radical (unpaired) electrons. The van der Waals surface area contributed by atoms with Gasteiger partial charge in [0.1, 0.15) is 0 Å². The third kappa shape index (κ3) is 5.20. The van der Waals surface area contributed by atoms with Crippen LogP contribution >= 0.6 is 0 Å². The number of hydrazone groups is 1. The normalized spacial score (nSPS) is 11.2. The fourth-order valence-electron chi connectivity index (χ4n) is 1.71. The van der Waals surface area contributed by atoms with Crippen molar-refractivity contribution >= 4 is 30.2 Å². The van der Waals surface area contributed by atoms with Gasteiger partial charge in [-0.15, -0.1) is 0 Å². The van der Waals surface area contributed by atoms with Crippen molar-refractivity contribution in [2.24, 2.45) is 10.8 Å². The molecule has 0 aliphatic heterocycles. The lowest BCUT2D eigenvalue weighted by Crippen LogP contribution is -2.25. The van der Waals surface area contributed by atoms with Crippen LogP contribution in [0, 0.1) is 17.7 Å². The first-order valence-electron chi connectivity index (χ1n) is 6.70. The molecule has 0 aliphatic rings. The Morgan fingerprint density at radius 1 is 1.41 bits per heavy atom. The number of aryl methyl sites for hydroxylation is 1. The number of anilines is 1. The maximum Gasteiger partial charge on any atom is 0.253 e. The van der Waals surface area contributed by atoms with Gasteiger partial charge in [-0.2, -0.15) is 5.10 Å². The summed E-state index contributed by atoms with van der Waals surface area (Å²) in [7, 11) is 0. The Morgan fingerprint density at radius 2 is 2.18 bits per heavy atom. The van der Waals surface area contributed by atoms with Gasteiger partial charge in [0.25, 0.3) is 5.91 Å². The minimum Gasteiger partial charge on any atom is -0.404 e. The number of nitrogens with one attached hydrogen (secondary N) is 4. The van der Waals surface area contributed by atoms with Crippen LogP contribution in [0.3, 0.4) is 0 Å². The summed E-state index contributed by atoms with van der Waals surface area (Å²) in [5.41, 5.74) is 10.7. The van der Waals surface area contributed by atoms with Gasteiger partial charge in [0.05, 0.1) is 17.5 Å². The molecule has 22 heavy (non-hydrogen) atoms. The quantitative estimate of drug-likeness (QED) is 0.370. The number of carbonyl (C=O) groups excluding carboxylic acids is 1. The lowest BCUT2D eigenvalue weighted by molar-refractivity contribution is 0.0955. The predicted octanol–water partition coefficient (Wildman–Crippen LogP) is 1.65. The molecule has 7 heteroatoms. The average molecular weight is 300 g/mol. The molecule has 1 aromatic carbocycles. The summed E-state index contributed by atoms with van der Waals surface area (Å²) in [5, 5.41) is 20.6. The summed E-state index contributed by atoms with van der Waals surface area (Å²) in [4.78, 5) is 12.3. The van der Waals surface area contributed by atoms with Crippen molar-refractivity contribution in [2.75, 3.05) is 12.0 Å². The van der Waals surface area contributed by atoms with Gasteiger partial charge in [0, 0.05) is 19.0 Å². The maximum absolute atomic E-state index is 12.3. The van der Waals surface area contributed by atoms with Crippen LogP contribution in [0.15, 0.2) is 35.1 Å². The Kier molecular flexibility index (Phi) is 7.04. The van der Waals surface area contributed by atoms with Crippen LogP contribution in [-0.2, 0) is 0 Å². The lowest BCUT2D eigenvalue weighted by Gasteiger charge is -2.10. The van der Waals surface area contributed by atoms with E-state index in [1.807, 2.05) is 13.0 Å². The number of amides is 1. The molecular formula is C15H20N6O. The Balaban J connectivity index is 2.78. The first-order chi connectivity index (χ1) is 10.6. The number of carbonyl (C=O) groups is 1. The van der Waals surface area contributed by atoms with Crippen LogP contribution in [0.2, 0.25) is 0 Å². The second-order valence-electron chi connectivity index (χ2n) is 4.50. The molecule has 0 unspecified atom stereocenters. The number of rotatable bonds is 8. The number of nitrogens with two attached hydrogens (primary N) is 1. The summed E-state index contributed by atoms with van der Waals surface area (Å²) in [6.07, 6.45) is 5.33. The van der Waals surface area contributed by atoms with Gasteiger partial charge < -0.3 is 21.9 Å². The van der Waals surface area contributed by atoms with Crippen molar-refractivity contribution < 1.29 is 4.79 Å². The Bertz CT molecular complexity index is 606. The summed E-state index contributed by atoms with van der Waals surface area (Å²) >= 11 is 0. The molecule has 0 saturated carbocycles. The molecule has 0 bridgehead atoms. The molecule has 6 N–H and O–H groups in total. The van der Waals surface area contributed by atoms with Crippen LogP contribution in [0.5, 0.6) is 0 Å². The monoisotopic (exact) mass is 300 g/mol. The van der Waals surface area contributed by atoms with Crippen LogP contribution in [0.1, 0.15) is 22.3 Å². The number of nitrogens with zero attached hydrogens (tertiary/aromatic N) is 1. The van der Waals surface area contributed by atoms with Gasteiger partial charge in [-0.3, -0.25) is 10.2 Å². The molecule has 0 saturated heterocycles. The standard InChI is InChI=1S/C15H20N6O/c1-11-2-3-14(21-20-7-5-16)13(8-11)15(22)19-6-4-12(9-17)10-18/h2-3,5,7-10,16-17,21H,4,6,18H2,1H3,(H,19,22)/b12-10-,16-5?,17-9?,20-7-. The predicted molar refractivity (Wildman–Crippen MR) is 90.1 cm³/mol. The molecule has 1 amide bonds. The minimum absolute atomic E-state index is 0.238. The van der Waals surface area contributed by atoms with Gasteiger partial charge in [-0.1, -0.05) is 11.6 Å². The van der Waals surface area contributed by atoms with E-state index < -0.39 is 0 Å². The highest BCUT2D eigenvalue weighted by Crippen LogP contribution is 2.17. The van der Waals surface area contributed by atoms with Crippen molar-refractivity contribution in [3.8, 4) is 0 Å². The summed E-state index contributed by atoms with van der Waals surface area (Å²) < 4.78 is 0. The minimum atomic E-state index is -0.238. The third-order valence-electron chi connectivity index (χ3n) is 2.85. The molecule has 0 atom stereocenters. The van der Waals surface area contributed by atoms with Gasteiger partial charge in [0.2, 0.25) is 0 Å². The second-order valence-corrected chi connectivity index (χ2v) is 4.50. The third-order valence-corrected chi connectivity index (χ3v) is 2.85. The molecule has 7 nitrogen and oxygen atoms in total. The zero-order valence-electron chi connectivity index (χ0n) is 12.4. The van der Waals surface area contributed by atoms with Gasteiger partial charge in [0.15, 0.2) is 0 Å². The van der Waals surface area contributed by atoms with E-state index in [1.54, 1.807) is 12.1 Å². The highest BCUT2D eigenvalue weighted by molar-refractivity contribution is 6.14. The molecule has 0 fully saturated rings. The first kappa shape index (κ1) is 17.1. The van der Waals surface area contributed by atoms with E-state index in [2.05, 4.69) is 15.8 Å². The van der Waals surface area contributed by atoms with Gasteiger partial charge in [-0.05, 0) is 37.3 Å². The molecule has 116 valence electrons. The van der Waals surface area contributed by atoms with E-state index in [-0.39, 0.29) is 5.91 Å². The van der Waals surface area contributed by atoms with Crippen LogP contribution in [0.25, 0.3) is 0 Å². The largest absolute Gasteiger partial charge is 0.404 e. The number of hydrogen-bond acceptors (Lipinski definition) is 6. The highest BCUT2D eigenvalue weighted by atomic mass is 16.1. The van der Waals surface area contributed by atoms with Crippen LogP contribution in [-0.4, -0.2) is 31.1 Å². The zero-order valence-corrected chi connectivity index (χ0v) is 12.4. The summed E-state index contributed by atoms with van der Waals surface area (Å²) in [6, 6.07) is 5.38. The summed E-state index contributed by atoms with van der Waals surface area (Å²) in [6.45, 7) is 2.28. The van der Waals surface area contributed by atoms with E-state index >= 15 is 0 Å². The number of hydrogen-bond donors (Lipinski definition) is 5. The highest BCUT2D eigenvalue weighted by Gasteiger charge is 2.11. The van der Waals surface area contributed by atoms with E-state index in [0.29, 0.717) is 29.8 Å². The number of benzene rings is 1. The fourth-order valence-corrected chi connectivity index (χ4v) is 1.71. The topological polar surface area (TPSA) is 127 Å². The Labute approximate surface area is 129 Å².